The molecular formula is C12H12O3. The summed E-state index contributed by atoms with van der Waals surface area (Å²) in [5.41, 5.74) is 1.60. The molecule has 0 aromatic heterocycles. The SMILES string of the molecule is CC(C)c1cccc2c1C(=O)C(O)C2=O. The number of benzene rings is 1. The molecule has 0 spiro atoms. The van der Waals surface area contributed by atoms with Gasteiger partial charge < -0.3 is 5.11 Å². The van der Waals surface area contributed by atoms with E-state index < -0.39 is 17.7 Å². The van der Waals surface area contributed by atoms with Crippen LogP contribution < -0.4 is 0 Å². The van der Waals surface area contributed by atoms with Gasteiger partial charge in [0.1, 0.15) is 0 Å². The van der Waals surface area contributed by atoms with Crippen molar-refractivity contribution in [1.29, 1.82) is 0 Å². The molecule has 1 aliphatic carbocycles. The quantitative estimate of drug-likeness (QED) is 0.706. The van der Waals surface area contributed by atoms with Gasteiger partial charge in [-0.25, -0.2) is 0 Å². The van der Waals surface area contributed by atoms with Crippen LogP contribution in [0.25, 0.3) is 0 Å². The molecule has 1 N–H and O–H groups in total. The Kier molecular flexibility index (Phi) is 2.20. The summed E-state index contributed by atoms with van der Waals surface area (Å²) in [6.07, 6.45) is -1.49. The maximum Gasteiger partial charge on any atom is 0.200 e. The number of rotatable bonds is 1. The number of aliphatic hydroxyl groups is 1. The zero-order valence-electron chi connectivity index (χ0n) is 8.65. The van der Waals surface area contributed by atoms with Crippen molar-refractivity contribution in [3.63, 3.8) is 0 Å². The second kappa shape index (κ2) is 3.28. The van der Waals surface area contributed by atoms with Crippen LogP contribution in [-0.4, -0.2) is 22.8 Å². The van der Waals surface area contributed by atoms with Gasteiger partial charge in [0, 0.05) is 11.1 Å². The van der Waals surface area contributed by atoms with Gasteiger partial charge in [-0.2, -0.15) is 0 Å². The Labute approximate surface area is 87.7 Å². The molecule has 1 aliphatic rings. The van der Waals surface area contributed by atoms with E-state index in [0.717, 1.165) is 5.56 Å². The van der Waals surface area contributed by atoms with E-state index in [2.05, 4.69) is 0 Å². The van der Waals surface area contributed by atoms with E-state index in [0.29, 0.717) is 11.1 Å². The molecule has 0 aliphatic heterocycles. The summed E-state index contributed by atoms with van der Waals surface area (Å²) >= 11 is 0. The number of carbonyl (C=O) groups excluding carboxylic acids is 2. The molecule has 3 heteroatoms. The molecule has 2 rings (SSSR count). The van der Waals surface area contributed by atoms with Crippen molar-refractivity contribution in [2.24, 2.45) is 0 Å². The maximum atomic E-state index is 11.7. The summed E-state index contributed by atoms with van der Waals surface area (Å²) in [6.45, 7) is 3.91. The highest BCUT2D eigenvalue weighted by molar-refractivity contribution is 6.29. The topological polar surface area (TPSA) is 54.4 Å². The van der Waals surface area contributed by atoms with Gasteiger partial charge in [-0.05, 0) is 11.5 Å². The average molecular weight is 204 g/mol. The number of hydrogen-bond acceptors (Lipinski definition) is 3. The smallest absolute Gasteiger partial charge is 0.200 e. The third kappa shape index (κ3) is 1.31. The zero-order valence-corrected chi connectivity index (χ0v) is 8.65. The van der Waals surface area contributed by atoms with Gasteiger partial charge in [0.25, 0.3) is 0 Å². The number of aliphatic hydroxyl groups excluding tert-OH is 1. The van der Waals surface area contributed by atoms with Gasteiger partial charge in [-0.15, -0.1) is 0 Å². The molecule has 1 unspecified atom stereocenters. The Morgan fingerprint density at radius 1 is 1.20 bits per heavy atom. The average Bonchev–Trinajstić information content (AvgIpc) is 2.44. The van der Waals surface area contributed by atoms with E-state index in [1.165, 1.54) is 0 Å². The number of Topliss-reactive ketones (excluding diaryl/α,β-unsaturated/α-hetero) is 2. The predicted octanol–water partition coefficient (Wildman–Crippen LogP) is 1.55. The fourth-order valence-electron chi connectivity index (χ4n) is 1.93. The van der Waals surface area contributed by atoms with Crippen LogP contribution in [0.1, 0.15) is 46.0 Å². The van der Waals surface area contributed by atoms with E-state index in [-0.39, 0.29) is 5.92 Å². The standard InChI is InChI=1S/C12H12O3/c1-6(2)7-4-3-5-8-9(7)11(14)12(15)10(8)13/h3-6,12,15H,1-2H3. The third-order valence-electron chi connectivity index (χ3n) is 2.73. The van der Waals surface area contributed by atoms with Gasteiger partial charge in [0.05, 0.1) is 0 Å². The molecule has 1 atom stereocenters. The van der Waals surface area contributed by atoms with Crippen LogP contribution in [0.15, 0.2) is 18.2 Å². The number of hydrogen-bond donors (Lipinski definition) is 1. The first-order chi connectivity index (χ1) is 7.04. The Morgan fingerprint density at radius 2 is 1.87 bits per heavy atom. The monoisotopic (exact) mass is 204 g/mol. The minimum atomic E-state index is -1.49. The van der Waals surface area contributed by atoms with Crippen LogP contribution in [0.4, 0.5) is 0 Å². The van der Waals surface area contributed by atoms with E-state index in [1.54, 1.807) is 12.1 Å². The molecule has 0 bridgehead atoms. The Morgan fingerprint density at radius 3 is 2.47 bits per heavy atom. The summed E-state index contributed by atoms with van der Waals surface area (Å²) in [5.74, 6) is -0.765. The van der Waals surface area contributed by atoms with Crippen molar-refractivity contribution >= 4 is 11.6 Å². The molecule has 78 valence electrons. The molecular weight excluding hydrogens is 192 g/mol. The van der Waals surface area contributed by atoms with Crippen LogP contribution in [0.3, 0.4) is 0 Å². The highest BCUT2D eigenvalue weighted by Gasteiger charge is 2.38. The highest BCUT2D eigenvalue weighted by atomic mass is 16.3. The lowest BCUT2D eigenvalue weighted by Gasteiger charge is -2.09. The van der Waals surface area contributed by atoms with Gasteiger partial charge in [0.2, 0.25) is 0 Å². The van der Waals surface area contributed by atoms with E-state index in [4.69, 9.17) is 0 Å². The lowest BCUT2D eigenvalue weighted by atomic mass is 9.94. The third-order valence-corrected chi connectivity index (χ3v) is 2.73. The minimum absolute atomic E-state index is 0.169. The lowest BCUT2D eigenvalue weighted by molar-refractivity contribution is 0.0662. The van der Waals surface area contributed by atoms with Crippen molar-refractivity contribution in [3.8, 4) is 0 Å². The number of ketones is 2. The first kappa shape index (κ1) is 10.1. The highest BCUT2D eigenvalue weighted by Crippen LogP contribution is 2.29. The Balaban J connectivity index is 2.69. The fourth-order valence-corrected chi connectivity index (χ4v) is 1.93. The van der Waals surface area contributed by atoms with Crippen molar-refractivity contribution in [2.45, 2.75) is 25.9 Å². The van der Waals surface area contributed by atoms with Crippen LogP contribution in [-0.2, 0) is 0 Å². The Bertz CT molecular complexity index is 446. The van der Waals surface area contributed by atoms with E-state index in [1.807, 2.05) is 19.9 Å². The minimum Gasteiger partial charge on any atom is -0.377 e. The van der Waals surface area contributed by atoms with Gasteiger partial charge in [-0.1, -0.05) is 32.0 Å². The first-order valence-electron chi connectivity index (χ1n) is 4.93. The molecule has 0 amide bonds. The normalized spacial score (nSPS) is 19.9. The zero-order chi connectivity index (χ0) is 11.2. The van der Waals surface area contributed by atoms with Crippen LogP contribution in [0.2, 0.25) is 0 Å². The number of fused-ring (bicyclic) bond motifs is 1. The maximum absolute atomic E-state index is 11.7. The summed E-state index contributed by atoms with van der Waals surface area (Å²) in [5, 5.41) is 9.39. The summed E-state index contributed by atoms with van der Waals surface area (Å²) in [6, 6.07) is 5.17. The molecule has 0 saturated heterocycles. The van der Waals surface area contributed by atoms with Crippen LogP contribution in [0.5, 0.6) is 0 Å². The van der Waals surface area contributed by atoms with Crippen molar-refractivity contribution in [1.82, 2.24) is 0 Å². The molecule has 0 fully saturated rings. The molecule has 15 heavy (non-hydrogen) atoms. The summed E-state index contributed by atoms with van der Waals surface area (Å²) in [4.78, 5) is 23.2. The van der Waals surface area contributed by atoms with E-state index in [9.17, 15) is 14.7 Å². The summed E-state index contributed by atoms with van der Waals surface area (Å²) < 4.78 is 0. The van der Waals surface area contributed by atoms with Crippen molar-refractivity contribution < 1.29 is 14.7 Å². The Hall–Kier alpha value is -1.48. The predicted molar refractivity (Wildman–Crippen MR) is 55.2 cm³/mol. The number of carbonyl (C=O) groups is 2. The van der Waals surface area contributed by atoms with Crippen molar-refractivity contribution in [3.05, 3.63) is 34.9 Å². The largest absolute Gasteiger partial charge is 0.377 e. The van der Waals surface area contributed by atoms with E-state index >= 15 is 0 Å². The van der Waals surface area contributed by atoms with Crippen LogP contribution in [0, 0.1) is 0 Å². The van der Waals surface area contributed by atoms with Gasteiger partial charge in [0.15, 0.2) is 17.7 Å². The molecule has 0 heterocycles. The molecule has 0 saturated carbocycles. The summed E-state index contributed by atoms with van der Waals surface area (Å²) in [7, 11) is 0. The van der Waals surface area contributed by atoms with Crippen LogP contribution >= 0.6 is 0 Å². The second-order valence-corrected chi connectivity index (χ2v) is 4.06. The van der Waals surface area contributed by atoms with Gasteiger partial charge >= 0.3 is 0 Å². The van der Waals surface area contributed by atoms with Gasteiger partial charge in [-0.3, -0.25) is 9.59 Å². The molecule has 1 aromatic carbocycles. The van der Waals surface area contributed by atoms with Crippen molar-refractivity contribution in [2.75, 3.05) is 0 Å². The first-order valence-corrected chi connectivity index (χ1v) is 4.93. The molecule has 3 nitrogen and oxygen atoms in total. The molecule has 1 aromatic rings. The molecule has 0 radical (unpaired) electrons. The second-order valence-electron chi connectivity index (χ2n) is 4.06. The lowest BCUT2D eigenvalue weighted by Crippen LogP contribution is -2.21. The fraction of sp³-hybridized carbons (Fsp3) is 0.333.